The summed E-state index contributed by atoms with van der Waals surface area (Å²) in [5.41, 5.74) is 17.0. The average molecular weight is 901 g/mol. The average Bonchev–Trinajstić information content (AvgIpc) is 3.37. The first-order valence-electron chi connectivity index (χ1n) is 22.4. The number of hydrogen-bond acceptors (Lipinski definition) is 6. The smallest absolute Gasteiger partial charge is 0.416 e. The molecule has 2 unspecified atom stereocenters. The highest BCUT2D eigenvalue weighted by molar-refractivity contribution is 7.43. The Morgan fingerprint density at radius 2 is 1.08 bits per heavy atom. The lowest BCUT2D eigenvalue weighted by atomic mass is 9.84. The summed E-state index contributed by atoms with van der Waals surface area (Å²) in [5.74, 6) is 3.73. The first-order chi connectivity index (χ1) is 30.3. The summed E-state index contributed by atoms with van der Waals surface area (Å²) < 4.78 is 41.7. The van der Waals surface area contributed by atoms with Crippen LogP contribution in [0.2, 0.25) is 0 Å². The molecule has 0 bridgehead atoms. The van der Waals surface area contributed by atoms with Crippen LogP contribution in [0.5, 0.6) is 23.0 Å². The van der Waals surface area contributed by atoms with E-state index in [9.17, 15) is 0 Å². The molecule has 0 amide bonds. The predicted octanol–water partition coefficient (Wildman–Crippen LogP) is 18.1. The van der Waals surface area contributed by atoms with E-state index in [0.29, 0.717) is 23.0 Å². The summed E-state index contributed by atoms with van der Waals surface area (Å²) in [6.45, 7) is 36.1. The van der Waals surface area contributed by atoms with Gasteiger partial charge in [-0.15, -0.1) is 0 Å². The summed E-state index contributed by atoms with van der Waals surface area (Å²) in [6, 6.07) is 16.8. The van der Waals surface area contributed by atoms with Crippen molar-refractivity contribution >= 4 is 17.2 Å². The number of hydrogen-bond donors (Lipinski definition) is 0. The lowest BCUT2D eigenvalue weighted by Gasteiger charge is -2.29. The zero-order chi connectivity index (χ0) is 47.0. The zero-order valence-electron chi connectivity index (χ0n) is 41.4. The lowest BCUT2D eigenvalue weighted by molar-refractivity contribution is 0.334. The molecule has 1 aliphatic carbocycles. The third kappa shape index (κ3) is 12.6. The van der Waals surface area contributed by atoms with Crippen LogP contribution in [-0.4, -0.2) is 0 Å². The second-order valence-electron chi connectivity index (χ2n) is 18.0. The van der Waals surface area contributed by atoms with Crippen molar-refractivity contribution in [1.29, 1.82) is 0 Å². The molecular weight excluding hydrogens is 831 g/mol. The van der Waals surface area contributed by atoms with E-state index < -0.39 is 17.2 Å². The van der Waals surface area contributed by atoms with Crippen LogP contribution >= 0.6 is 17.2 Å². The molecule has 6 nitrogen and oxygen atoms in total. The highest BCUT2D eigenvalue weighted by atomic mass is 31.2. The molecule has 8 heteroatoms. The van der Waals surface area contributed by atoms with Crippen molar-refractivity contribution in [3.05, 3.63) is 175 Å². The summed E-state index contributed by atoms with van der Waals surface area (Å²) in [7, 11) is -4.08. The Bertz CT molecular complexity index is 2530. The SMILES string of the molecule is C\C=C/C(C)=C\C(C)=C\OP(Oc1ccc(C)cc1C)Oc1c(C(C)C)cc(C)c(C)c1-c1c(C)c(C)cc(C(C)C)c1OP(OC1=C(C)CC=C(C)C=C1)Oc1ccc(C)cc1C. The largest absolute Gasteiger partial charge is 0.530 e. The van der Waals surface area contributed by atoms with E-state index in [1.54, 1.807) is 6.26 Å². The maximum absolute atomic E-state index is 7.35. The van der Waals surface area contributed by atoms with Crippen LogP contribution in [0.15, 0.2) is 119 Å². The molecule has 0 saturated carbocycles. The third-order valence-electron chi connectivity index (χ3n) is 11.5. The first kappa shape index (κ1) is 50.0. The lowest BCUT2D eigenvalue weighted by Crippen LogP contribution is -2.09. The van der Waals surface area contributed by atoms with E-state index in [2.05, 4.69) is 165 Å². The third-order valence-corrected chi connectivity index (χ3v) is 13.5. The van der Waals surface area contributed by atoms with Crippen LogP contribution in [-0.2, 0) is 9.05 Å². The monoisotopic (exact) mass is 900 g/mol. The number of aryl methyl sites for hydroxylation is 6. The molecule has 0 saturated heterocycles. The Morgan fingerprint density at radius 1 is 0.578 bits per heavy atom. The summed E-state index contributed by atoms with van der Waals surface area (Å²) in [4.78, 5) is 0. The van der Waals surface area contributed by atoms with E-state index in [1.807, 2.05) is 38.1 Å². The normalized spacial score (nSPS) is 14.5. The predicted molar refractivity (Wildman–Crippen MR) is 272 cm³/mol. The van der Waals surface area contributed by atoms with Gasteiger partial charge in [-0.25, -0.2) is 0 Å². The molecule has 4 aromatic carbocycles. The van der Waals surface area contributed by atoms with Gasteiger partial charge in [0.1, 0.15) is 28.8 Å². The van der Waals surface area contributed by atoms with Crippen LogP contribution in [0, 0.1) is 55.4 Å². The van der Waals surface area contributed by atoms with Gasteiger partial charge in [0.05, 0.1) is 6.26 Å². The molecule has 0 heterocycles. The first-order valence-corrected chi connectivity index (χ1v) is 24.6. The van der Waals surface area contributed by atoms with Crippen LogP contribution in [0.25, 0.3) is 11.1 Å². The van der Waals surface area contributed by atoms with Crippen molar-refractivity contribution in [2.75, 3.05) is 0 Å². The van der Waals surface area contributed by atoms with E-state index in [4.69, 9.17) is 27.1 Å². The quantitative estimate of drug-likeness (QED) is 0.0598. The maximum atomic E-state index is 7.35. The molecule has 4 aromatic rings. The van der Waals surface area contributed by atoms with Gasteiger partial charge in [-0.1, -0.05) is 117 Å². The fourth-order valence-electron chi connectivity index (χ4n) is 7.58. The highest BCUT2D eigenvalue weighted by Gasteiger charge is 2.33. The van der Waals surface area contributed by atoms with Crippen molar-refractivity contribution in [2.24, 2.45) is 0 Å². The van der Waals surface area contributed by atoms with Gasteiger partial charge < -0.3 is 27.1 Å². The van der Waals surface area contributed by atoms with Crippen molar-refractivity contribution in [3.63, 3.8) is 0 Å². The minimum Gasteiger partial charge on any atom is -0.416 e. The molecule has 0 aromatic heterocycles. The van der Waals surface area contributed by atoms with Crippen LogP contribution < -0.4 is 18.1 Å². The minimum absolute atomic E-state index is 0.0936. The Kier molecular flexibility index (Phi) is 17.4. The molecule has 0 spiro atoms. The van der Waals surface area contributed by atoms with Crippen LogP contribution in [0.4, 0.5) is 0 Å². The topological polar surface area (TPSA) is 55.4 Å². The number of benzene rings is 4. The van der Waals surface area contributed by atoms with Gasteiger partial charge in [0, 0.05) is 11.1 Å². The van der Waals surface area contributed by atoms with Gasteiger partial charge in [-0.05, 0) is 182 Å². The van der Waals surface area contributed by atoms with Crippen molar-refractivity contribution in [3.8, 4) is 34.1 Å². The van der Waals surface area contributed by atoms with Crippen molar-refractivity contribution < 1.29 is 27.1 Å². The van der Waals surface area contributed by atoms with Crippen LogP contribution in [0.1, 0.15) is 136 Å². The Hall–Kier alpha value is -5.02. The van der Waals surface area contributed by atoms with Gasteiger partial charge in [-0.2, -0.15) is 0 Å². The Morgan fingerprint density at radius 3 is 1.56 bits per heavy atom. The van der Waals surface area contributed by atoms with Gasteiger partial charge in [0.25, 0.3) is 0 Å². The molecule has 0 radical (unpaired) electrons. The van der Waals surface area contributed by atoms with E-state index in [0.717, 1.165) is 95.7 Å². The molecule has 5 rings (SSSR count). The Balaban J connectivity index is 1.78. The van der Waals surface area contributed by atoms with E-state index >= 15 is 0 Å². The minimum atomic E-state index is -2.05. The van der Waals surface area contributed by atoms with Crippen LogP contribution in [0.3, 0.4) is 0 Å². The van der Waals surface area contributed by atoms with E-state index in [1.165, 1.54) is 5.57 Å². The second kappa shape index (κ2) is 22.3. The molecule has 64 heavy (non-hydrogen) atoms. The van der Waals surface area contributed by atoms with Gasteiger partial charge >= 0.3 is 17.2 Å². The fraction of sp³-hybridized carbons (Fsp3) is 0.357. The van der Waals surface area contributed by atoms with Gasteiger partial charge in [0.15, 0.2) is 0 Å². The summed E-state index contributed by atoms with van der Waals surface area (Å²) >= 11 is 0. The number of allylic oxidation sites excluding steroid dienone is 10. The number of rotatable bonds is 17. The van der Waals surface area contributed by atoms with E-state index in [-0.39, 0.29) is 11.8 Å². The van der Waals surface area contributed by atoms with Crippen molar-refractivity contribution in [2.45, 2.75) is 136 Å². The molecule has 2 atom stereocenters. The zero-order valence-corrected chi connectivity index (χ0v) is 43.2. The molecular formula is C56H70O6P2. The Labute approximate surface area is 387 Å². The standard InChI is InChI=1S/C56H70O6P2/c1-18-19-37(7)28-40(10)33-57-63(58-51-26-22-38(8)29-44(51)14)61-55-48(34(2)3)31-42(12)46(16)53(55)54-47(17)43(13)32-49(35(4)5)56(54)62-64(60-52-27-23-39(9)30-45(52)15)59-50-25-21-36(6)20-24-41(50)11/h18-23,25-35H,24H2,1-17H3/b19-18-,37-28-,40-33+. The molecule has 1 aliphatic rings. The molecule has 0 N–H and O–H groups in total. The maximum Gasteiger partial charge on any atom is 0.530 e. The second-order valence-corrected chi connectivity index (χ2v) is 20.0. The highest BCUT2D eigenvalue weighted by Crippen LogP contribution is 2.56. The molecule has 0 aliphatic heterocycles. The van der Waals surface area contributed by atoms with Gasteiger partial charge in [0.2, 0.25) is 0 Å². The van der Waals surface area contributed by atoms with Crippen molar-refractivity contribution in [1.82, 2.24) is 0 Å². The molecule has 0 fully saturated rings. The van der Waals surface area contributed by atoms with Gasteiger partial charge in [-0.3, -0.25) is 0 Å². The summed E-state index contributed by atoms with van der Waals surface area (Å²) in [6.07, 6.45) is 15.0. The fourth-order valence-corrected chi connectivity index (χ4v) is 9.86. The summed E-state index contributed by atoms with van der Waals surface area (Å²) in [5, 5.41) is 0. The molecule has 340 valence electrons.